The van der Waals surface area contributed by atoms with Crippen LogP contribution in [0.1, 0.15) is 0 Å². The highest BCUT2D eigenvalue weighted by atomic mass is 15.2. The molecule has 13 rings (SSSR count). The van der Waals surface area contributed by atoms with Crippen LogP contribution in [0.3, 0.4) is 0 Å². The Balaban J connectivity index is 1.17. The molecule has 4 heteroatoms. The van der Waals surface area contributed by atoms with E-state index in [1.807, 2.05) is 0 Å². The molecule has 3 aromatic heterocycles. The molecular weight excluding hydrogens is 705 g/mol. The van der Waals surface area contributed by atoms with Crippen molar-refractivity contribution in [1.82, 2.24) is 19.1 Å². The third kappa shape index (κ3) is 4.29. The van der Waals surface area contributed by atoms with Crippen LogP contribution in [0.4, 0.5) is 0 Å². The van der Waals surface area contributed by atoms with Gasteiger partial charge in [-0.1, -0.05) is 146 Å². The van der Waals surface area contributed by atoms with E-state index in [1.54, 1.807) is 0 Å². The van der Waals surface area contributed by atoms with E-state index >= 15 is 0 Å². The fraction of sp³-hybridized carbons (Fsp3) is 0. The first-order valence-electron chi connectivity index (χ1n) is 19.8. The lowest BCUT2D eigenvalue weighted by Crippen LogP contribution is -2.03. The smallest absolute Gasteiger partial charge is 0.235 e. The van der Waals surface area contributed by atoms with Gasteiger partial charge in [0.15, 0.2) is 0 Å². The van der Waals surface area contributed by atoms with Crippen LogP contribution in [0.2, 0.25) is 0 Å². The summed E-state index contributed by atoms with van der Waals surface area (Å²) in [6.07, 6.45) is 0. The third-order valence-electron chi connectivity index (χ3n) is 12.3. The van der Waals surface area contributed by atoms with Crippen LogP contribution < -0.4 is 0 Å². The van der Waals surface area contributed by atoms with Crippen molar-refractivity contribution < 1.29 is 0 Å². The maximum absolute atomic E-state index is 5.41. The van der Waals surface area contributed by atoms with Crippen molar-refractivity contribution in [3.63, 3.8) is 0 Å². The van der Waals surface area contributed by atoms with Crippen molar-refractivity contribution in [2.75, 3.05) is 0 Å². The average Bonchev–Trinajstić information content (AvgIpc) is 3.81. The van der Waals surface area contributed by atoms with Gasteiger partial charge in [-0.05, 0) is 86.6 Å². The lowest BCUT2D eigenvalue weighted by atomic mass is 9.87. The molecule has 0 spiro atoms. The predicted molar refractivity (Wildman–Crippen MR) is 243 cm³/mol. The summed E-state index contributed by atoms with van der Waals surface area (Å²) in [6, 6.07) is 70.1. The Morgan fingerprint density at radius 3 is 1.86 bits per heavy atom. The van der Waals surface area contributed by atoms with Gasteiger partial charge in [-0.25, -0.2) is 9.97 Å². The summed E-state index contributed by atoms with van der Waals surface area (Å²) in [7, 11) is 0. The quantitative estimate of drug-likeness (QED) is 0.169. The zero-order valence-electron chi connectivity index (χ0n) is 31.3. The van der Waals surface area contributed by atoms with Crippen LogP contribution in [0.25, 0.3) is 121 Å². The fourth-order valence-electron chi connectivity index (χ4n) is 9.84. The highest BCUT2D eigenvalue weighted by Crippen LogP contribution is 2.49. The van der Waals surface area contributed by atoms with Gasteiger partial charge in [0.25, 0.3) is 0 Å². The van der Waals surface area contributed by atoms with Crippen LogP contribution in [-0.2, 0) is 0 Å². The number of hydrogen-bond acceptors (Lipinski definition) is 2. The van der Waals surface area contributed by atoms with E-state index in [1.165, 1.54) is 76.0 Å². The summed E-state index contributed by atoms with van der Waals surface area (Å²) < 4.78 is 4.68. The first-order chi connectivity index (χ1) is 28.8. The van der Waals surface area contributed by atoms with Crippen LogP contribution in [0.15, 0.2) is 194 Å². The fourth-order valence-corrected chi connectivity index (χ4v) is 9.84. The molecule has 0 saturated heterocycles. The summed E-state index contributed by atoms with van der Waals surface area (Å²) in [4.78, 5) is 10.7. The Labute approximate surface area is 332 Å². The molecule has 0 fully saturated rings. The van der Waals surface area contributed by atoms with Crippen molar-refractivity contribution in [2.45, 2.75) is 0 Å². The second-order valence-electron chi connectivity index (χ2n) is 15.3. The minimum atomic E-state index is 0.666. The van der Waals surface area contributed by atoms with Crippen LogP contribution in [0, 0.1) is 0 Å². The molecule has 4 nitrogen and oxygen atoms in total. The van der Waals surface area contributed by atoms with Crippen molar-refractivity contribution >= 4 is 86.8 Å². The van der Waals surface area contributed by atoms with E-state index in [0.29, 0.717) is 5.95 Å². The standard InChI is InChI=1S/C54H32N4/c1-3-15-34(16-4-1)53-40-21-9-11-23-44(40)55-54(56-53)58-47-25-13-22-41-49-37-19-8-7-14-33(37)26-28-42(49)50-38(29-31-48(58)52(50)51(41)47)35-27-30-46-43(32-35)39-20-10-12-24-45(39)57(46)36-17-5-2-6-18-36/h1-32H. The maximum atomic E-state index is 5.41. The molecule has 58 heavy (non-hydrogen) atoms. The second-order valence-corrected chi connectivity index (χ2v) is 15.3. The summed E-state index contributed by atoms with van der Waals surface area (Å²) in [6.45, 7) is 0. The molecule has 0 unspecified atom stereocenters. The van der Waals surface area contributed by atoms with E-state index in [4.69, 9.17) is 9.97 Å². The Bertz CT molecular complexity index is 3780. The normalized spacial score (nSPS) is 12.1. The van der Waals surface area contributed by atoms with Gasteiger partial charge >= 0.3 is 0 Å². The lowest BCUT2D eigenvalue weighted by Gasteiger charge is -2.15. The van der Waals surface area contributed by atoms with E-state index in [9.17, 15) is 0 Å². The molecule has 0 aliphatic carbocycles. The Morgan fingerprint density at radius 2 is 0.983 bits per heavy atom. The Morgan fingerprint density at radius 1 is 0.328 bits per heavy atom. The number of hydrogen-bond donors (Lipinski definition) is 0. The van der Waals surface area contributed by atoms with E-state index in [2.05, 4.69) is 203 Å². The molecule has 3 heterocycles. The zero-order chi connectivity index (χ0) is 37.9. The largest absolute Gasteiger partial charge is 0.309 e. The molecule has 0 N–H and O–H groups in total. The van der Waals surface area contributed by atoms with Crippen molar-refractivity contribution in [1.29, 1.82) is 0 Å². The maximum Gasteiger partial charge on any atom is 0.235 e. The van der Waals surface area contributed by atoms with Crippen LogP contribution >= 0.6 is 0 Å². The zero-order valence-corrected chi connectivity index (χ0v) is 31.3. The first-order valence-corrected chi connectivity index (χ1v) is 19.8. The number of benzene rings is 10. The molecule has 0 bridgehead atoms. The van der Waals surface area contributed by atoms with Gasteiger partial charge < -0.3 is 4.57 Å². The summed E-state index contributed by atoms with van der Waals surface area (Å²) in [5.74, 6) is 0.666. The minimum absolute atomic E-state index is 0.666. The van der Waals surface area contributed by atoms with E-state index < -0.39 is 0 Å². The molecule has 0 atom stereocenters. The van der Waals surface area contributed by atoms with Gasteiger partial charge in [0.2, 0.25) is 5.95 Å². The summed E-state index contributed by atoms with van der Waals surface area (Å²) in [5, 5.41) is 13.5. The highest BCUT2D eigenvalue weighted by molar-refractivity contribution is 6.40. The van der Waals surface area contributed by atoms with Crippen molar-refractivity contribution in [2.24, 2.45) is 0 Å². The molecule has 10 aromatic carbocycles. The van der Waals surface area contributed by atoms with E-state index in [0.717, 1.165) is 38.9 Å². The number of nitrogens with zero attached hydrogens (tertiary/aromatic N) is 4. The molecule has 0 amide bonds. The van der Waals surface area contributed by atoms with Gasteiger partial charge in [0, 0.05) is 43.6 Å². The molecule has 0 radical (unpaired) electrons. The molecule has 13 aromatic rings. The summed E-state index contributed by atoms with van der Waals surface area (Å²) in [5.41, 5.74) is 11.1. The molecule has 0 aliphatic rings. The minimum Gasteiger partial charge on any atom is -0.309 e. The van der Waals surface area contributed by atoms with Gasteiger partial charge in [-0.15, -0.1) is 0 Å². The van der Waals surface area contributed by atoms with Gasteiger partial charge in [0.1, 0.15) is 0 Å². The van der Waals surface area contributed by atoms with Crippen LogP contribution in [-0.4, -0.2) is 19.1 Å². The Kier molecular flexibility index (Phi) is 6.41. The lowest BCUT2D eigenvalue weighted by molar-refractivity contribution is 1.01. The SMILES string of the molecule is c1ccc(-c2nc(-n3c4cccc5c6c7ccccc7ccc6c6c(-c7ccc8c(c7)c7ccccc7n8-c7ccccc7)ccc3c6c54)nc3ccccc23)cc1. The molecule has 268 valence electrons. The number of para-hydroxylation sites is 3. The van der Waals surface area contributed by atoms with Crippen LogP contribution in [0.5, 0.6) is 0 Å². The molecule has 0 aliphatic heterocycles. The second kappa shape index (κ2) is 11.8. The number of rotatable bonds is 4. The summed E-state index contributed by atoms with van der Waals surface area (Å²) >= 11 is 0. The molecular formula is C54H32N4. The average molecular weight is 737 g/mol. The van der Waals surface area contributed by atoms with Crippen molar-refractivity contribution in [3.8, 4) is 34.0 Å². The third-order valence-corrected chi connectivity index (χ3v) is 12.3. The number of aromatic nitrogens is 4. The van der Waals surface area contributed by atoms with E-state index in [-0.39, 0.29) is 0 Å². The van der Waals surface area contributed by atoms with Gasteiger partial charge in [0.05, 0.1) is 33.3 Å². The van der Waals surface area contributed by atoms with Gasteiger partial charge in [-0.2, -0.15) is 0 Å². The van der Waals surface area contributed by atoms with Crippen molar-refractivity contribution in [3.05, 3.63) is 194 Å². The number of fused-ring (bicyclic) bond motifs is 9. The topological polar surface area (TPSA) is 35.6 Å². The Hall–Kier alpha value is -7.82. The first kappa shape index (κ1) is 31.4. The molecule has 0 saturated carbocycles. The van der Waals surface area contributed by atoms with Gasteiger partial charge in [-0.3, -0.25) is 4.57 Å². The highest BCUT2D eigenvalue weighted by Gasteiger charge is 2.25. The predicted octanol–water partition coefficient (Wildman–Crippen LogP) is 14.1. The monoisotopic (exact) mass is 736 g/mol.